The molecule has 0 spiro atoms. The Kier molecular flexibility index (Phi) is 3.68. The summed E-state index contributed by atoms with van der Waals surface area (Å²) < 4.78 is 0. The van der Waals surface area contributed by atoms with Crippen molar-refractivity contribution in [1.29, 1.82) is 0 Å². The maximum atomic E-state index is 11.7. The first-order valence-corrected chi connectivity index (χ1v) is 4.82. The molecule has 0 heterocycles. The summed E-state index contributed by atoms with van der Waals surface area (Å²) in [5.41, 5.74) is 7.56. The minimum atomic E-state index is -0.266. The number of hydrogen-bond donors (Lipinski definition) is 3. The van der Waals surface area contributed by atoms with Crippen molar-refractivity contribution >= 4 is 11.6 Å². The Morgan fingerprint density at radius 1 is 1.60 bits per heavy atom. The van der Waals surface area contributed by atoms with Gasteiger partial charge in [0.25, 0.3) is 5.91 Å². The van der Waals surface area contributed by atoms with Gasteiger partial charge in [-0.15, -0.1) is 0 Å². The summed E-state index contributed by atoms with van der Waals surface area (Å²) in [7, 11) is 0. The largest absolute Gasteiger partial charge is 0.398 e. The molecule has 1 aromatic carbocycles. The van der Waals surface area contributed by atoms with Gasteiger partial charge in [-0.05, 0) is 26.0 Å². The lowest BCUT2D eigenvalue weighted by molar-refractivity contribution is 0.0923. The van der Waals surface area contributed by atoms with Gasteiger partial charge in [0.2, 0.25) is 0 Å². The van der Waals surface area contributed by atoms with E-state index in [0.717, 1.165) is 5.56 Å². The standard InChI is InChI=1S/C11H16N2O2/c1-7-3-4-10(12)9(5-7)11(15)13-8(2)6-14/h3-5,8,14H,6,12H2,1-2H3,(H,13,15)/t8-/m1/s1. The zero-order valence-corrected chi connectivity index (χ0v) is 8.95. The van der Waals surface area contributed by atoms with Crippen LogP contribution in [0.4, 0.5) is 5.69 Å². The highest BCUT2D eigenvalue weighted by Crippen LogP contribution is 2.13. The molecule has 4 heteroatoms. The fourth-order valence-corrected chi connectivity index (χ4v) is 1.21. The second kappa shape index (κ2) is 4.79. The molecular weight excluding hydrogens is 192 g/mol. The Labute approximate surface area is 89.1 Å². The fraction of sp³-hybridized carbons (Fsp3) is 0.364. The molecule has 0 radical (unpaired) electrons. The first-order valence-electron chi connectivity index (χ1n) is 4.82. The molecule has 0 saturated heterocycles. The van der Waals surface area contributed by atoms with Gasteiger partial charge in [-0.25, -0.2) is 0 Å². The van der Waals surface area contributed by atoms with Crippen LogP contribution in [-0.2, 0) is 0 Å². The summed E-state index contributed by atoms with van der Waals surface area (Å²) in [6.45, 7) is 3.53. The minimum absolute atomic E-state index is 0.0859. The molecule has 1 aromatic rings. The van der Waals surface area contributed by atoms with Crippen LogP contribution in [0.3, 0.4) is 0 Å². The molecule has 0 aliphatic heterocycles. The van der Waals surface area contributed by atoms with E-state index in [1.54, 1.807) is 19.1 Å². The van der Waals surface area contributed by atoms with Crippen LogP contribution in [0.25, 0.3) is 0 Å². The third kappa shape index (κ3) is 2.95. The molecule has 0 bridgehead atoms. The minimum Gasteiger partial charge on any atom is -0.398 e. The molecule has 0 saturated carbocycles. The van der Waals surface area contributed by atoms with Crippen LogP contribution in [-0.4, -0.2) is 23.7 Å². The van der Waals surface area contributed by atoms with Crippen molar-refractivity contribution in [1.82, 2.24) is 5.32 Å². The van der Waals surface area contributed by atoms with Crippen LogP contribution in [0, 0.1) is 6.92 Å². The van der Waals surface area contributed by atoms with Crippen molar-refractivity contribution in [2.45, 2.75) is 19.9 Å². The molecule has 82 valence electrons. The summed E-state index contributed by atoms with van der Waals surface area (Å²) in [6, 6.07) is 5.02. The number of aryl methyl sites for hydroxylation is 1. The Hall–Kier alpha value is -1.55. The molecule has 4 N–H and O–H groups in total. The monoisotopic (exact) mass is 208 g/mol. The summed E-state index contributed by atoms with van der Waals surface area (Å²) in [6.07, 6.45) is 0. The van der Waals surface area contributed by atoms with Gasteiger partial charge in [0, 0.05) is 11.7 Å². The maximum absolute atomic E-state index is 11.7. The summed E-state index contributed by atoms with van der Waals surface area (Å²) >= 11 is 0. The number of carbonyl (C=O) groups excluding carboxylic acids is 1. The molecule has 1 rings (SSSR count). The molecule has 15 heavy (non-hydrogen) atoms. The van der Waals surface area contributed by atoms with Crippen molar-refractivity contribution in [2.24, 2.45) is 0 Å². The van der Waals surface area contributed by atoms with E-state index in [1.165, 1.54) is 0 Å². The smallest absolute Gasteiger partial charge is 0.253 e. The van der Waals surface area contributed by atoms with Crippen LogP contribution >= 0.6 is 0 Å². The van der Waals surface area contributed by atoms with Gasteiger partial charge < -0.3 is 16.2 Å². The number of nitrogens with one attached hydrogen (secondary N) is 1. The van der Waals surface area contributed by atoms with Gasteiger partial charge in [-0.3, -0.25) is 4.79 Å². The van der Waals surface area contributed by atoms with Gasteiger partial charge in [0.15, 0.2) is 0 Å². The molecule has 0 aromatic heterocycles. The quantitative estimate of drug-likeness (QED) is 0.640. The number of hydrogen-bond acceptors (Lipinski definition) is 3. The van der Waals surface area contributed by atoms with Crippen molar-refractivity contribution < 1.29 is 9.90 Å². The molecule has 0 aliphatic rings. The van der Waals surface area contributed by atoms with E-state index in [1.807, 2.05) is 13.0 Å². The van der Waals surface area contributed by atoms with E-state index in [0.29, 0.717) is 11.3 Å². The van der Waals surface area contributed by atoms with Gasteiger partial charge >= 0.3 is 0 Å². The predicted molar refractivity (Wildman–Crippen MR) is 59.6 cm³/mol. The number of nitrogens with two attached hydrogens (primary N) is 1. The molecule has 0 aliphatic carbocycles. The van der Waals surface area contributed by atoms with Crippen LogP contribution in [0.2, 0.25) is 0 Å². The Bertz CT molecular complexity index is 364. The van der Waals surface area contributed by atoms with E-state index in [-0.39, 0.29) is 18.6 Å². The summed E-state index contributed by atoms with van der Waals surface area (Å²) in [5, 5.41) is 11.5. The van der Waals surface area contributed by atoms with Crippen LogP contribution in [0.5, 0.6) is 0 Å². The fourth-order valence-electron chi connectivity index (χ4n) is 1.21. The number of aliphatic hydroxyl groups is 1. The molecule has 1 amide bonds. The first-order chi connectivity index (χ1) is 7.04. The lowest BCUT2D eigenvalue weighted by Gasteiger charge is -2.12. The third-order valence-corrected chi connectivity index (χ3v) is 2.10. The number of rotatable bonds is 3. The van der Waals surface area contributed by atoms with Crippen molar-refractivity contribution in [3.05, 3.63) is 29.3 Å². The lowest BCUT2D eigenvalue weighted by atomic mass is 10.1. The van der Waals surface area contributed by atoms with E-state index >= 15 is 0 Å². The van der Waals surface area contributed by atoms with Gasteiger partial charge in [0.05, 0.1) is 12.2 Å². The zero-order chi connectivity index (χ0) is 11.4. The number of benzene rings is 1. The molecule has 0 unspecified atom stereocenters. The second-order valence-corrected chi connectivity index (χ2v) is 3.65. The number of amides is 1. The summed E-state index contributed by atoms with van der Waals surface area (Å²) in [4.78, 5) is 11.7. The normalized spacial score (nSPS) is 12.2. The molecular formula is C11H16N2O2. The van der Waals surface area contributed by atoms with E-state index < -0.39 is 0 Å². The number of nitrogen functional groups attached to an aromatic ring is 1. The van der Waals surface area contributed by atoms with E-state index in [9.17, 15) is 4.79 Å². The van der Waals surface area contributed by atoms with Crippen LogP contribution in [0.15, 0.2) is 18.2 Å². The average molecular weight is 208 g/mol. The highest BCUT2D eigenvalue weighted by atomic mass is 16.3. The van der Waals surface area contributed by atoms with E-state index in [2.05, 4.69) is 5.32 Å². The zero-order valence-electron chi connectivity index (χ0n) is 8.95. The SMILES string of the molecule is Cc1ccc(N)c(C(=O)N[C@H](C)CO)c1. The van der Waals surface area contributed by atoms with Crippen molar-refractivity contribution in [3.8, 4) is 0 Å². The van der Waals surface area contributed by atoms with Crippen molar-refractivity contribution in [3.63, 3.8) is 0 Å². The molecule has 4 nitrogen and oxygen atoms in total. The van der Waals surface area contributed by atoms with Gasteiger partial charge in [-0.2, -0.15) is 0 Å². The van der Waals surface area contributed by atoms with Crippen LogP contribution in [0.1, 0.15) is 22.8 Å². The van der Waals surface area contributed by atoms with Crippen molar-refractivity contribution in [2.75, 3.05) is 12.3 Å². The van der Waals surface area contributed by atoms with Crippen LogP contribution < -0.4 is 11.1 Å². The van der Waals surface area contributed by atoms with Gasteiger partial charge in [0.1, 0.15) is 0 Å². The Morgan fingerprint density at radius 3 is 2.87 bits per heavy atom. The average Bonchev–Trinajstić information content (AvgIpc) is 2.21. The topological polar surface area (TPSA) is 75.4 Å². The first kappa shape index (κ1) is 11.5. The number of aliphatic hydroxyl groups excluding tert-OH is 1. The van der Waals surface area contributed by atoms with E-state index in [4.69, 9.17) is 10.8 Å². The molecule has 0 fully saturated rings. The molecule has 1 atom stereocenters. The number of carbonyl (C=O) groups is 1. The third-order valence-electron chi connectivity index (χ3n) is 2.10. The maximum Gasteiger partial charge on any atom is 0.253 e. The highest BCUT2D eigenvalue weighted by Gasteiger charge is 2.11. The summed E-state index contributed by atoms with van der Waals surface area (Å²) in [5.74, 6) is -0.252. The Morgan fingerprint density at radius 2 is 2.27 bits per heavy atom. The second-order valence-electron chi connectivity index (χ2n) is 3.65. The highest BCUT2D eigenvalue weighted by molar-refractivity contribution is 5.99. The van der Waals surface area contributed by atoms with Gasteiger partial charge in [-0.1, -0.05) is 11.6 Å². The Balaban J connectivity index is 2.86. The number of anilines is 1. The lowest BCUT2D eigenvalue weighted by Crippen LogP contribution is -2.35. The predicted octanol–water partition coefficient (Wildman–Crippen LogP) is 0.688.